The van der Waals surface area contributed by atoms with Crippen LogP contribution in [-0.2, 0) is 6.61 Å². The molecule has 0 aliphatic carbocycles. The Balaban J connectivity index is 2.95. The van der Waals surface area contributed by atoms with Crippen LogP contribution < -0.4 is 4.90 Å². The molecule has 0 atom stereocenters. The van der Waals surface area contributed by atoms with Crippen LogP contribution in [0.3, 0.4) is 0 Å². The summed E-state index contributed by atoms with van der Waals surface area (Å²) in [6.45, 7) is 3.17. The van der Waals surface area contributed by atoms with E-state index in [0.29, 0.717) is 17.9 Å². The zero-order valence-corrected chi connectivity index (χ0v) is 10.7. The van der Waals surface area contributed by atoms with Crippen molar-refractivity contribution in [2.24, 2.45) is 0 Å². The van der Waals surface area contributed by atoms with Crippen molar-refractivity contribution in [2.45, 2.75) is 26.4 Å². The fourth-order valence-electron chi connectivity index (χ4n) is 1.58. The minimum atomic E-state index is -0.205. The fourth-order valence-corrected chi connectivity index (χ4v) is 1.77. The van der Waals surface area contributed by atoms with Crippen molar-refractivity contribution < 1.29 is 10.2 Å². The molecule has 1 rings (SSSR count). The second-order valence-corrected chi connectivity index (χ2v) is 4.05. The smallest absolute Gasteiger partial charge is 0.140 e. The molecule has 0 fully saturated rings. The Morgan fingerprint density at radius 2 is 2.06 bits per heavy atom. The molecule has 0 bridgehead atoms. The highest BCUT2D eigenvalue weighted by Gasteiger charge is 2.15. The van der Waals surface area contributed by atoms with Gasteiger partial charge in [0.25, 0.3) is 0 Å². The topological polar surface area (TPSA) is 69.5 Å². The van der Waals surface area contributed by atoms with Crippen molar-refractivity contribution in [1.29, 1.82) is 0 Å². The molecule has 1 heterocycles. The largest absolute Gasteiger partial charge is 0.395 e. The lowest BCUT2D eigenvalue weighted by atomic mass is 10.2. The number of aromatic nitrogens is 2. The van der Waals surface area contributed by atoms with Crippen LogP contribution in [0.4, 0.5) is 5.82 Å². The van der Waals surface area contributed by atoms with Gasteiger partial charge in [0.15, 0.2) is 0 Å². The first-order valence-electron chi connectivity index (χ1n) is 5.70. The van der Waals surface area contributed by atoms with Gasteiger partial charge in [0.05, 0.1) is 18.8 Å². The summed E-state index contributed by atoms with van der Waals surface area (Å²) in [6.07, 6.45) is 3.41. The number of aliphatic hydroxyl groups is 2. The Hall–Kier alpha value is -0.910. The minimum Gasteiger partial charge on any atom is -0.395 e. The van der Waals surface area contributed by atoms with E-state index < -0.39 is 0 Å². The molecular weight excluding hydrogens is 242 g/mol. The van der Waals surface area contributed by atoms with Crippen molar-refractivity contribution in [3.8, 4) is 0 Å². The van der Waals surface area contributed by atoms with E-state index in [1.165, 1.54) is 6.33 Å². The van der Waals surface area contributed by atoms with Crippen molar-refractivity contribution >= 4 is 17.4 Å². The molecule has 0 saturated carbocycles. The summed E-state index contributed by atoms with van der Waals surface area (Å²) in [7, 11) is 0. The first-order chi connectivity index (χ1) is 8.24. The third-order valence-electron chi connectivity index (χ3n) is 2.48. The molecule has 0 spiro atoms. The van der Waals surface area contributed by atoms with Crippen LogP contribution in [0, 0.1) is 0 Å². The highest BCUT2D eigenvalue weighted by molar-refractivity contribution is 6.30. The van der Waals surface area contributed by atoms with E-state index in [9.17, 15) is 5.11 Å². The summed E-state index contributed by atoms with van der Waals surface area (Å²) in [5, 5.41) is 18.6. The molecule has 5 nitrogen and oxygen atoms in total. The van der Waals surface area contributed by atoms with Gasteiger partial charge in [0, 0.05) is 13.1 Å². The van der Waals surface area contributed by atoms with E-state index in [1.54, 1.807) is 0 Å². The lowest BCUT2D eigenvalue weighted by Gasteiger charge is -2.24. The summed E-state index contributed by atoms with van der Waals surface area (Å²) in [5.74, 6) is 0.606. The lowest BCUT2D eigenvalue weighted by Crippen LogP contribution is -2.29. The molecule has 17 heavy (non-hydrogen) atoms. The molecule has 1 aromatic rings. The molecule has 1 aromatic heterocycles. The van der Waals surface area contributed by atoms with Crippen LogP contribution in [0.2, 0.25) is 5.15 Å². The van der Waals surface area contributed by atoms with Gasteiger partial charge in [0.1, 0.15) is 17.3 Å². The second-order valence-electron chi connectivity index (χ2n) is 3.69. The molecule has 0 aliphatic heterocycles. The van der Waals surface area contributed by atoms with Crippen molar-refractivity contribution in [2.75, 3.05) is 24.6 Å². The van der Waals surface area contributed by atoms with Crippen LogP contribution in [0.15, 0.2) is 6.33 Å². The summed E-state index contributed by atoms with van der Waals surface area (Å²) >= 11 is 5.91. The van der Waals surface area contributed by atoms with Crippen LogP contribution in [0.1, 0.15) is 25.3 Å². The Bertz CT molecular complexity index is 349. The molecule has 0 unspecified atom stereocenters. The Labute approximate surface area is 106 Å². The van der Waals surface area contributed by atoms with Gasteiger partial charge in [-0.1, -0.05) is 24.9 Å². The van der Waals surface area contributed by atoms with Crippen LogP contribution in [0.25, 0.3) is 0 Å². The SMILES string of the molecule is CCCCN(CCO)c1ncnc(Cl)c1CO. The highest BCUT2D eigenvalue weighted by atomic mass is 35.5. The van der Waals surface area contributed by atoms with E-state index in [-0.39, 0.29) is 18.4 Å². The zero-order valence-electron chi connectivity index (χ0n) is 9.93. The molecule has 0 aromatic carbocycles. The van der Waals surface area contributed by atoms with E-state index >= 15 is 0 Å². The standard InChI is InChI=1S/C11H18ClN3O2/c1-2-3-4-15(5-6-16)11-9(7-17)10(12)13-8-14-11/h8,16-17H,2-7H2,1H3. The van der Waals surface area contributed by atoms with E-state index in [2.05, 4.69) is 16.9 Å². The summed E-state index contributed by atoms with van der Waals surface area (Å²) in [4.78, 5) is 9.90. The van der Waals surface area contributed by atoms with E-state index in [4.69, 9.17) is 16.7 Å². The van der Waals surface area contributed by atoms with Gasteiger partial charge in [0.2, 0.25) is 0 Å². The number of unbranched alkanes of at least 4 members (excludes halogenated alkanes) is 1. The van der Waals surface area contributed by atoms with Gasteiger partial charge >= 0.3 is 0 Å². The van der Waals surface area contributed by atoms with Gasteiger partial charge in [-0.25, -0.2) is 9.97 Å². The number of rotatable bonds is 7. The normalized spacial score (nSPS) is 10.6. The van der Waals surface area contributed by atoms with Gasteiger partial charge < -0.3 is 15.1 Å². The highest BCUT2D eigenvalue weighted by Crippen LogP contribution is 2.23. The fraction of sp³-hybridized carbons (Fsp3) is 0.636. The van der Waals surface area contributed by atoms with Gasteiger partial charge in [-0.2, -0.15) is 0 Å². The maximum atomic E-state index is 9.29. The minimum absolute atomic E-state index is 0.0379. The Morgan fingerprint density at radius 3 is 2.65 bits per heavy atom. The number of hydrogen-bond acceptors (Lipinski definition) is 5. The monoisotopic (exact) mass is 259 g/mol. The molecule has 96 valence electrons. The molecule has 0 aliphatic rings. The van der Waals surface area contributed by atoms with E-state index in [1.807, 2.05) is 4.90 Å². The molecule has 0 saturated heterocycles. The first-order valence-corrected chi connectivity index (χ1v) is 6.08. The molecule has 2 N–H and O–H groups in total. The van der Waals surface area contributed by atoms with Crippen molar-refractivity contribution in [3.63, 3.8) is 0 Å². The van der Waals surface area contributed by atoms with Crippen molar-refractivity contribution in [1.82, 2.24) is 9.97 Å². The number of halogens is 1. The average molecular weight is 260 g/mol. The first kappa shape index (κ1) is 14.2. The molecule has 0 amide bonds. The second kappa shape index (κ2) is 7.42. The van der Waals surface area contributed by atoms with Crippen LogP contribution in [-0.4, -0.2) is 39.9 Å². The Morgan fingerprint density at radius 1 is 1.29 bits per heavy atom. The summed E-state index contributed by atoms with van der Waals surface area (Å²) in [5.41, 5.74) is 0.513. The average Bonchev–Trinajstić information content (AvgIpc) is 2.34. The maximum absolute atomic E-state index is 9.29. The predicted octanol–water partition coefficient (Wildman–Crippen LogP) is 1.22. The lowest BCUT2D eigenvalue weighted by molar-refractivity contribution is 0.279. The summed E-state index contributed by atoms with van der Waals surface area (Å²) < 4.78 is 0. The van der Waals surface area contributed by atoms with E-state index in [0.717, 1.165) is 19.4 Å². The van der Waals surface area contributed by atoms with Gasteiger partial charge in [-0.05, 0) is 6.42 Å². The summed E-state index contributed by atoms with van der Waals surface area (Å²) in [6, 6.07) is 0. The number of aliphatic hydroxyl groups excluding tert-OH is 2. The predicted molar refractivity (Wildman–Crippen MR) is 67.2 cm³/mol. The number of anilines is 1. The third kappa shape index (κ3) is 3.80. The van der Waals surface area contributed by atoms with Crippen molar-refractivity contribution in [3.05, 3.63) is 17.0 Å². The van der Waals surface area contributed by atoms with Crippen LogP contribution in [0.5, 0.6) is 0 Å². The maximum Gasteiger partial charge on any atom is 0.140 e. The zero-order chi connectivity index (χ0) is 12.7. The molecule has 0 radical (unpaired) electrons. The third-order valence-corrected chi connectivity index (χ3v) is 2.80. The Kier molecular flexibility index (Phi) is 6.18. The number of hydrogen-bond donors (Lipinski definition) is 2. The molecular formula is C11H18ClN3O2. The number of nitrogens with zero attached hydrogens (tertiary/aromatic N) is 3. The molecule has 6 heteroatoms. The quantitative estimate of drug-likeness (QED) is 0.721. The van der Waals surface area contributed by atoms with Gasteiger partial charge in [-0.3, -0.25) is 0 Å². The van der Waals surface area contributed by atoms with Crippen LogP contribution >= 0.6 is 11.6 Å². The van der Waals surface area contributed by atoms with Gasteiger partial charge in [-0.15, -0.1) is 0 Å².